The third-order valence-electron chi connectivity index (χ3n) is 3.77. The standard InChI is InChI=1S/C12H22ClNO/c1-10(13)11-4-6-14(7-5-11)9-12-3-2-8-15-12/h10-12H,2-9H2,1H3. The van der Waals surface area contributed by atoms with E-state index in [0.717, 1.165) is 19.1 Å². The molecule has 2 rings (SSSR count). The van der Waals surface area contributed by atoms with E-state index in [1.165, 1.54) is 38.8 Å². The summed E-state index contributed by atoms with van der Waals surface area (Å²) in [4.78, 5) is 2.55. The molecule has 2 heterocycles. The SMILES string of the molecule is CC(Cl)C1CCN(CC2CCCO2)CC1. The number of alkyl halides is 1. The Hall–Kier alpha value is 0.210. The predicted octanol–water partition coefficient (Wildman–Crippen LogP) is 2.50. The van der Waals surface area contributed by atoms with Gasteiger partial charge in [-0.2, -0.15) is 0 Å². The Kier molecular flexibility index (Phi) is 4.30. The molecule has 0 aromatic heterocycles. The highest BCUT2D eigenvalue weighted by atomic mass is 35.5. The van der Waals surface area contributed by atoms with Crippen LogP contribution in [0.3, 0.4) is 0 Å². The van der Waals surface area contributed by atoms with Crippen molar-refractivity contribution in [3.8, 4) is 0 Å². The lowest BCUT2D eigenvalue weighted by molar-refractivity contribution is 0.0598. The highest BCUT2D eigenvalue weighted by molar-refractivity contribution is 6.20. The largest absolute Gasteiger partial charge is 0.377 e. The molecule has 2 nitrogen and oxygen atoms in total. The molecule has 0 amide bonds. The maximum atomic E-state index is 6.13. The molecule has 3 heteroatoms. The molecular formula is C12H22ClNO. The summed E-state index contributed by atoms with van der Waals surface area (Å²) < 4.78 is 5.66. The van der Waals surface area contributed by atoms with Crippen LogP contribution in [0.25, 0.3) is 0 Å². The number of nitrogens with zero attached hydrogens (tertiary/aromatic N) is 1. The van der Waals surface area contributed by atoms with E-state index in [1.54, 1.807) is 0 Å². The number of halogens is 1. The zero-order chi connectivity index (χ0) is 10.7. The number of piperidine rings is 1. The smallest absolute Gasteiger partial charge is 0.0702 e. The summed E-state index contributed by atoms with van der Waals surface area (Å²) in [5, 5.41) is 0.342. The predicted molar refractivity (Wildman–Crippen MR) is 63.5 cm³/mol. The fraction of sp³-hybridized carbons (Fsp3) is 1.00. The van der Waals surface area contributed by atoms with Crippen LogP contribution in [-0.4, -0.2) is 42.6 Å². The van der Waals surface area contributed by atoms with E-state index in [4.69, 9.17) is 16.3 Å². The van der Waals surface area contributed by atoms with Crippen LogP contribution in [0.15, 0.2) is 0 Å². The van der Waals surface area contributed by atoms with Crippen molar-refractivity contribution in [1.82, 2.24) is 4.90 Å². The van der Waals surface area contributed by atoms with Gasteiger partial charge in [-0.15, -0.1) is 11.6 Å². The third-order valence-corrected chi connectivity index (χ3v) is 4.12. The number of hydrogen-bond donors (Lipinski definition) is 0. The van der Waals surface area contributed by atoms with E-state index in [9.17, 15) is 0 Å². The van der Waals surface area contributed by atoms with Gasteiger partial charge in [0.2, 0.25) is 0 Å². The summed E-state index contributed by atoms with van der Waals surface area (Å²) in [6.45, 7) is 6.66. The van der Waals surface area contributed by atoms with Gasteiger partial charge in [0.15, 0.2) is 0 Å². The molecule has 0 N–H and O–H groups in total. The van der Waals surface area contributed by atoms with Crippen LogP contribution in [0.5, 0.6) is 0 Å². The molecule has 2 fully saturated rings. The van der Waals surface area contributed by atoms with Gasteiger partial charge in [0, 0.05) is 18.5 Å². The summed E-state index contributed by atoms with van der Waals surface area (Å²) >= 11 is 6.13. The average molecular weight is 232 g/mol. The van der Waals surface area contributed by atoms with E-state index < -0.39 is 0 Å². The van der Waals surface area contributed by atoms with Crippen molar-refractivity contribution in [3.63, 3.8) is 0 Å². The van der Waals surface area contributed by atoms with Crippen LogP contribution in [0.2, 0.25) is 0 Å². The molecule has 0 saturated carbocycles. The first-order valence-electron chi connectivity index (χ1n) is 6.23. The van der Waals surface area contributed by atoms with E-state index >= 15 is 0 Å². The van der Waals surface area contributed by atoms with Gasteiger partial charge in [0.25, 0.3) is 0 Å². The minimum atomic E-state index is 0.342. The van der Waals surface area contributed by atoms with Crippen molar-refractivity contribution in [1.29, 1.82) is 0 Å². The Morgan fingerprint density at radius 3 is 2.60 bits per heavy atom. The van der Waals surface area contributed by atoms with Gasteiger partial charge in [-0.1, -0.05) is 0 Å². The summed E-state index contributed by atoms with van der Waals surface area (Å²) in [5.41, 5.74) is 0. The van der Waals surface area contributed by atoms with E-state index in [2.05, 4.69) is 11.8 Å². The van der Waals surface area contributed by atoms with Crippen molar-refractivity contribution < 1.29 is 4.74 Å². The van der Waals surface area contributed by atoms with Gasteiger partial charge in [0.05, 0.1) is 6.10 Å². The molecule has 15 heavy (non-hydrogen) atoms. The second-order valence-electron chi connectivity index (χ2n) is 4.95. The Labute approximate surface area is 97.9 Å². The Morgan fingerprint density at radius 1 is 1.33 bits per heavy atom. The fourth-order valence-corrected chi connectivity index (χ4v) is 2.92. The average Bonchev–Trinajstić information content (AvgIpc) is 2.71. The van der Waals surface area contributed by atoms with Crippen LogP contribution in [0.4, 0.5) is 0 Å². The van der Waals surface area contributed by atoms with E-state index in [1.807, 2.05) is 0 Å². The van der Waals surface area contributed by atoms with Crippen LogP contribution in [0.1, 0.15) is 32.6 Å². The summed E-state index contributed by atoms with van der Waals surface area (Å²) in [6.07, 6.45) is 5.54. The molecule has 0 aliphatic carbocycles. The molecular weight excluding hydrogens is 210 g/mol. The zero-order valence-corrected chi connectivity index (χ0v) is 10.4. The van der Waals surface area contributed by atoms with Crippen molar-refractivity contribution in [3.05, 3.63) is 0 Å². The zero-order valence-electron chi connectivity index (χ0n) is 9.62. The first-order chi connectivity index (χ1) is 7.25. The fourth-order valence-electron chi connectivity index (χ4n) is 2.67. The van der Waals surface area contributed by atoms with Gasteiger partial charge < -0.3 is 9.64 Å². The van der Waals surface area contributed by atoms with E-state index in [-0.39, 0.29) is 0 Å². The molecule has 2 unspecified atom stereocenters. The number of likely N-dealkylation sites (tertiary alicyclic amines) is 1. The van der Waals surface area contributed by atoms with Crippen molar-refractivity contribution in [2.24, 2.45) is 5.92 Å². The van der Waals surface area contributed by atoms with Gasteiger partial charge in [-0.25, -0.2) is 0 Å². The summed E-state index contributed by atoms with van der Waals surface area (Å²) in [6, 6.07) is 0. The number of ether oxygens (including phenoxy) is 1. The maximum absolute atomic E-state index is 6.13. The Morgan fingerprint density at radius 2 is 2.07 bits per heavy atom. The number of rotatable bonds is 3. The normalized spacial score (nSPS) is 32.0. The molecule has 88 valence electrons. The van der Waals surface area contributed by atoms with Gasteiger partial charge in [0.1, 0.15) is 0 Å². The van der Waals surface area contributed by atoms with Crippen LogP contribution >= 0.6 is 11.6 Å². The van der Waals surface area contributed by atoms with Gasteiger partial charge >= 0.3 is 0 Å². The van der Waals surface area contributed by atoms with E-state index in [0.29, 0.717) is 11.5 Å². The molecule has 0 spiro atoms. The van der Waals surface area contributed by atoms with Crippen LogP contribution in [-0.2, 0) is 4.74 Å². The lowest BCUT2D eigenvalue weighted by atomic mass is 9.94. The molecule has 0 bridgehead atoms. The highest BCUT2D eigenvalue weighted by Gasteiger charge is 2.25. The second-order valence-corrected chi connectivity index (χ2v) is 5.64. The molecule has 2 aliphatic heterocycles. The quantitative estimate of drug-likeness (QED) is 0.693. The van der Waals surface area contributed by atoms with Gasteiger partial charge in [-0.05, 0) is 51.6 Å². The topological polar surface area (TPSA) is 12.5 Å². The first-order valence-corrected chi connectivity index (χ1v) is 6.67. The molecule has 0 aromatic rings. The summed E-state index contributed by atoms with van der Waals surface area (Å²) in [5.74, 6) is 0.729. The number of hydrogen-bond acceptors (Lipinski definition) is 2. The molecule has 0 aromatic carbocycles. The minimum absolute atomic E-state index is 0.342. The van der Waals surface area contributed by atoms with Crippen LogP contribution < -0.4 is 0 Å². The second kappa shape index (κ2) is 5.51. The van der Waals surface area contributed by atoms with Crippen molar-refractivity contribution >= 4 is 11.6 Å². The monoisotopic (exact) mass is 231 g/mol. The molecule has 2 saturated heterocycles. The molecule has 2 aliphatic rings. The third kappa shape index (κ3) is 3.33. The Balaban J connectivity index is 1.68. The lowest BCUT2D eigenvalue weighted by Crippen LogP contribution is -2.40. The first kappa shape index (κ1) is 11.7. The van der Waals surface area contributed by atoms with Crippen molar-refractivity contribution in [2.75, 3.05) is 26.2 Å². The highest BCUT2D eigenvalue weighted by Crippen LogP contribution is 2.24. The van der Waals surface area contributed by atoms with Gasteiger partial charge in [-0.3, -0.25) is 0 Å². The molecule has 0 radical (unpaired) electrons. The summed E-state index contributed by atoms with van der Waals surface area (Å²) in [7, 11) is 0. The minimum Gasteiger partial charge on any atom is -0.377 e. The van der Waals surface area contributed by atoms with Crippen LogP contribution in [0, 0.1) is 5.92 Å². The van der Waals surface area contributed by atoms with Crippen molar-refractivity contribution in [2.45, 2.75) is 44.1 Å². The Bertz CT molecular complexity index is 184. The lowest BCUT2D eigenvalue weighted by Gasteiger charge is -2.34. The molecule has 2 atom stereocenters. The maximum Gasteiger partial charge on any atom is 0.0702 e.